The maximum Gasteiger partial charge on any atom is 0.320 e. The van der Waals surface area contributed by atoms with Gasteiger partial charge in [0, 0.05) is 26.2 Å². The quantitative estimate of drug-likeness (QED) is 0.701. The summed E-state index contributed by atoms with van der Waals surface area (Å²) >= 11 is 0. The smallest absolute Gasteiger partial charge is 0.320 e. The Labute approximate surface area is 84.9 Å². The molecule has 0 amide bonds. The number of halogens is 1. The largest absolute Gasteiger partial charge is 0.480 e. The molecule has 1 heterocycles. The second kappa shape index (κ2) is 5.42. The molecule has 13 heavy (non-hydrogen) atoms. The molecule has 4 nitrogen and oxygen atoms in total. The van der Waals surface area contributed by atoms with E-state index in [2.05, 4.69) is 11.9 Å². The second-order valence-corrected chi connectivity index (χ2v) is 3.35. The van der Waals surface area contributed by atoms with Crippen LogP contribution in [-0.4, -0.2) is 60.1 Å². The van der Waals surface area contributed by atoms with Crippen molar-refractivity contribution in [2.45, 2.75) is 13.0 Å². The highest BCUT2D eigenvalue weighted by Gasteiger charge is 2.23. The summed E-state index contributed by atoms with van der Waals surface area (Å²) in [5.74, 6) is -0.723. The number of hydrogen-bond acceptors (Lipinski definition) is 3. The molecule has 0 aromatic rings. The number of carboxylic acid groups (broad SMARTS) is 1. The van der Waals surface area contributed by atoms with Crippen LogP contribution in [0, 0.1) is 0 Å². The normalized spacial score (nSPS) is 22.0. The van der Waals surface area contributed by atoms with E-state index in [1.54, 1.807) is 6.92 Å². The van der Waals surface area contributed by atoms with Crippen molar-refractivity contribution >= 4 is 18.4 Å². The maximum atomic E-state index is 10.6. The molecular weight excluding hydrogens is 192 g/mol. The van der Waals surface area contributed by atoms with Gasteiger partial charge in [-0.25, -0.2) is 0 Å². The molecule has 0 spiro atoms. The summed E-state index contributed by atoms with van der Waals surface area (Å²) in [6.45, 7) is 5.41. The van der Waals surface area contributed by atoms with E-state index in [4.69, 9.17) is 5.11 Å². The topological polar surface area (TPSA) is 43.8 Å². The van der Waals surface area contributed by atoms with Gasteiger partial charge in [0.1, 0.15) is 6.04 Å². The third-order valence-corrected chi connectivity index (χ3v) is 2.44. The van der Waals surface area contributed by atoms with Gasteiger partial charge in [-0.1, -0.05) is 0 Å². The van der Waals surface area contributed by atoms with E-state index >= 15 is 0 Å². The van der Waals surface area contributed by atoms with Crippen LogP contribution in [0.5, 0.6) is 0 Å². The van der Waals surface area contributed by atoms with Crippen molar-refractivity contribution in [2.75, 3.05) is 33.2 Å². The predicted octanol–water partition coefficient (Wildman–Crippen LogP) is 0.129. The molecule has 1 aliphatic rings. The fraction of sp³-hybridized carbons (Fsp3) is 0.875. The monoisotopic (exact) mass is 208 g/mol. The highest BCUT2D eigenvalue weighted by molar-refractivity contribution is 5.85. The number of hydrogen-bond donors (Lipinski definition) is 1. The Hall–Kier alpha value is -0.320. The minimum atomic E-state index is -0.723. The zero-order valence-electron chi connectivity index (χ0n) is 8.06. The van der Waals surface area contributed by atoms with Gasteiger partial charge in [-0.2, -0.15) is 0 Å². The molecule has 0 bridgehead atoms. The van der Waals surface area contributed by atoms with Crippen molar-refractivity contribution in [3.63, 3.8) is 0 Å². The first-order valence-corrected chi connectivity index (χ1v) is 4.26. The van der Waals surface area contributed by atoms with Crippen LogP contribution in [0.1, 0.15) is 6.92 Å². The predicted molar refractivity (Wildman–Crippen MR) is 53.4 cm³/mol. The van der Waals surface area contributed by atoms with E-state index in [0.29, 0.717) is 0 Å². The van der Waals surface area contributed by atoms with Gasteiger partial charge in [0.2, 0.25) is 0 Å². The Balaban J connectivity index is 0.00000144. The van der Waals surface area contributed by atoms with Gasteiger partial charge >= 0.3 is 5.97 Å². The Morgan fingerprint density at radius 1 is 1.31 bits per heavy atom. The van der Waals surface area contributed by atoms with Crippen molar-refractivity contribution in [3.8, 4) is 0 Å². The number of nitrogens with zero attached hydrogens (tertiary/aromatic N) is 2. The van der Waals surface area contributed by atoms with E-state index in [1.165, 1.54) is 0 Å². The summed E-state index contributed by atoms with van der Waals surface area (Å²) in [5.41, 5.74) is 0. The molecule has 1 atom stereocenters. The molecule has 0 radical (unpaired) electrons. The van der Waals surface area contributed by atoms with Crippen LogP contribution in [0.25, 0.3) is 0 Å². The number of rotatable bonds is 2. The van der Waals surface area contributed by atoms with Crippen molar-refractivity contribution < 1.29 is 9.90 Å². The number of piperazine rings is 1. The summed E-state index contributed by atoms with van der Waals surface area (Å²) in [7, 11) is 2.06. The van der Waals surface area contributed by atoms with Crippen LogP contribution in [0.2, 0.25) is 0 Å². The molecule has 0 aromatic heterocycles. The Morgan fingerprint density at radius 3 is 2.15 bits per heavy atom. The number of aliphatic carboxylic acids is 1. The van der Waals surface area contributed by atoms with Crippen molar-refractivity contribution in [3.05, 3.63) is 0 Å². The fourth-order valence-corrected chi connectivity index (χ4v) is 1.37. The van der Waals surface area contributed by atoms with Crippen LogP contribution in [0.4, 0.5) is 0 Å². The Bertz CT molecular complexity index is 170. The highest BCUT2D eigenvalue weighted by atomic mass is 35.5. The summed E-state index contributed by atoms with van der Waals surface area (Å²) < 4.78 is 0. The molecule has 0 aliphatic carbocycles. The minimum Gasteiger partial charge on any atom is -0.480 e. The van der Waals surface area contributed by atoms with Gasteiger partial charge in [0.25, 0.3) is 0 Å². The van der Waals surface area contributed by atoms with Crippen LogP contribution in [0.15, 0.2) is 0 Å². The first kappa shape index (κ1) is 12.7. The first-order valence-electron chi connectivity index (χ1n) is 4.26. The first-order chi connectivity index (χ1) is 5.61. The van der Waals surface area contributed by atoms with Gasteiger partial charge in [0.15, 0.2) is 0 Å². The molecule has 0 aromatic carbocycles. The van der Waals surface area contributed by atoms with Crippen LogP contribution in [-0.2, 0) is 4.79 Å². The third-order valence-electron chi connectivity index (χ3n) is 2.44. The molecule has 5 heteroatoms. The molecular formula is C8H17ClN2O2. The van der Waals surface area contributed by atoms with E-state index in [0.717, 1.165) is 26.2 Å². The molecule has 1 aliphatic heterocycles. The Morgan fingerprint density at radius 2 is 1.77 bits per heavy atom. The molecule has 0 unspecified atom stereocenters. The molecule has 0 saturated carbocycles. The van der Waals surface area contributed by atoms with Gasteiger partial charge < -0.3 is 10.0 Å². The second-order valence-electron chi connectivity index (χ2n) is 3.35. The minimum absolute atomic E-state index is 0. The average molecular weight is 209 g/mol. The van der Waals surface area contributed by atoms with Gasteiger partial charge in [-0.05, 0) is 14.0 Å². The maximum absolute atomic E-state index is 10.6. The number of likely N-dealkylation sites (N-methyl/N-ethyl adjacent to an activating group) is 1. The Kier molecular flexibility index (Phi) is 5.29. The molecule has 1 saturated heterocycles. The van der Waals surface area contributed by atoms with Crippen LogP contribution >= 0.6 is 12.4 Å². The summed E-state index contributed by atoms with van der Waals surface area (Å²) in [6, 6.07) is -0.335. The zero-order valence-corrected chi connectivity index (χ0v) is 8.88. The molecule has 1 fully saturated rings. The van der Waals surface area contributed by atoms with Gasteiger partial charge in [-0.15, -0.1) is 12.4 Å². The molecule has 1 N–H and O–H groups in total. The van der Waals surface area contributed by atoms with E-state index in [9.17, 15) is 4.79 Å². The van der Waals surface area contributed by atoms with Gasteiger partial charge in [-0.3, -0.25) is 9.69 Å². The van der Waals surface area contributed by atoms with E-state index in [-0.39, 0.29) is 18.4 Å². The van der Waals surface area contributed by atoms with Crippen molar-refractivity contribution in [2.24, 2.45) is 0 Å². The lowest BCUT2D eigenvalue weighted by atomic mass is 10.2. The lowest BCUT2D eigenvalue weighted by Gasteiger charge is -2.34. The van der Waals surface area contributed by atoms with Crippen LogP contribution in [0.3, 0.4) is 0 Å². The standard InChI is InChI=1S/C8H16N2O2.ClH/c1-7(8(11)12)10-5-3-9(2)4-6-10;/h7H,3-6H2,1-2H3,(H,11,12);1H/t7-;/m0./s1. The molecule has 78 valence electrons. The van der Waals surface area contributed by atoms with Crippen molar-refractivity contribution in [1.29, 1.82) is 0 Å². The van der Waals surface area contributed by atoms with E-state index in [1.807, 2.05) is 4.90 Å². The number of carbonyl (C=O) groups is 1. The zero-order chi connectivity index (χ0) is 9.14. The highest BCUT2D eigenvalue weighted by Crippen LogP contribution is 2.04. The van der Waals surface area contributed by atoms with Gasteiger partial charge in [0.05, 0.1) is 0 Å². The number of carboxylic acids is 1. The summed E-state index contributed by atoms with van der Waals surface area (Å²) in [5, 5.41) is 8.74. The third kappa shape index (κ3) is 3.50. The van der Waals surface area contributed by atoms with Crippen molar-refractivity contribution in [1.82, 2.24) is 9.80 Å². The van der Waals surface area contributed by atoms with Crippen LogP contribution < -0.4 is 0 Å². The average Bonchev–Trinajstić information content (AvgIpc) is 2.04. The summed E-state index contributed by atoms with van der Waals surface area (Å²) in [6.07, 6.45) is 0. The van der Waals surface area contributed by atoms with E-state index < -0.39 is 5.97 Å². The lowest BCUT2D eigenvalue weighted by Crippen LogP contribution is -2.50. The fourth-order valence-electron chi connectivity index (χ4n) is 1.37. The summed E-state index contributed by atoms with van der Waals surface area (Å²) in [4.78, 5) is 14.8. The lowest BCUT2D eigenvalue weighted by molar-refractivity contribution is -0.143. The molecule has 1 rings (SSSR count). The SMILES string of the molecule is C[C@@H](C(=O)O)N1CCN(C)CC1.Cl.